The van der Waals surface area contributed by atoms with Crippen molar-refractivity contribution in [3.63, 3.8) is 0 Å². The van der Waals surface area contributed by atoms with E-state index in [-0.39, 0.29) is 23.1 Å². The molecule has 5 aromatic rings. The fourth-order valence-corrected chi connectivity index (χ4v) is 6.36. The third-order valence-corrected chi connectivity index (χ3v) is 8.62. The molecule has 0 N–H and O–H groups in total. The van der Waals surface area contributed by atoms with E-state index in [2.05, 4.69) is 5.10 Å². The minimum Gasteiger partial charge on any atom is -0.491 e. The molecule has 1 aromatic heterocycles. The first-order chi connectivity index (χ1) is 17.3. The van der Waals surface area contributed by atoms with Crippen LogP contribution in [0.15, 0.2) is 99.7 Å². The number of hydrogen-bond acceptors (Lipinski definition) is 6. The van der Waals surface area contributed by atoms with Crippen LogP contribution in [0.3, 0.4) is 0 Å². The van der Waals surface area contributed by atoms with Crippen LogP contribution in [0.1, 0.15) is 5.56 Å². The van der Waals surface area contributed by atoms with Crippen LogP contribution in [0, 0.1) is 6.92 Å². The van der Waals surface area contributed by atoms with Crippen LogP contribution in [0.2, 0.25) is 0 Å². The summed E-state index contributed by atoms with van der Waals surface area (Å²) in [4.78, 5) is 0.791. The lowest BCUT2D eigenvalue weighted by Crippen LogP contribution is -2.09. The van der Waals surface area contributed by atoms with E-state index in [4.69, 9.17) is 8.92 Å². The molecule has 7 nitrogen and oxygen atoms in total. The summed E-state index contributed by atoms with van der Waals surface area (Å²) in [6, 6.07) is 25.0. The topological polar surface area (TPSA) is 87.5 Å². The van der Waals surface area contributed by atoms with Gasteiger partial charge in [-0.15, -0.1) is 0 Å². The van der Waals surface area contributed by atoms with Gasteiger partial charge in [-0.05, 0) is 48.7 Å². The van der Waals surface area contributed by atoms with E-state index in [1.807, 2.05) is 43.3 Å². The SMILES string of the molecule is Cc1ccc(S(=O)OCCOc2ccc3c(c2)c(S(=O)(=O)c2cccc4ccccc24)nn3C)cc1. The van der Waals surface area contributed by atoms with Gasteiger partial charge in [0.1, 0.15) is 12.4 Å². The maximum Gasteiger partial charge on any atom is 0.226 e. The van der Waals surface area contributed by atoms with E-state index in [0.29, 0.717) is 26.9 Å². The first-order valence-electron chi connectivity index (χ1n) is 11.3. The maximum atomic E-state index is 13.7. The van der Waals surface area contributed by atoms with Crippen molar-refractivity contribution in [1.29, 1.82) is 0 Å². The van der Waals surface area contributed by atoms with Crippen molar-refractivity contribution in [2.75, 3.05) is 13.2 Å². The molecule has 0 aliphatic rings. The van der Waals surface area contributed by atoms with Gasteiger partial charge in [-0.25, -0.2) is 12.6 Å². The van der Waals surface area contributed by atoms with Crippen molar-refractivity contribution < 1.29 is 21.5 Å². The van der Waals surface area contributed by atoms with Crippen LogP contribution in [-0.2, 0) is 32.1 Å². The maximum absolute atomic E-state index is 13.7. The van der Waals surface area contributed by atoms with Gasteiger partial charge in [-0.3, -0.25) is 8.86 Å². The Morgan fingerprint density at radius 2 is 1.64 bits per heavy atom. The van der Waals surface area contributed by atoms with Gasteiger partial charge in [0, 0.05) is 17.8 Å². The molecule has 0 spiro atoms. The van der Waals surface area contributed by atoms with E-state index >= 15 is 0 Å². The van der Waals surface area contributed by atoms with Crippen molar-refractivity contribution in [3.8, 4) is 5.75 Å². The molecule has 0 radical (unpaired) electrons. The van der Waals surface area contributed by atoms with Crippen LogP contribution in [0.5, 0.6) is 5.75 Å². The highest BCUT2D eigenvalue weighted by molar-refractivity contribution is 7.91. The predicted octanol–water partition coefficient (Wildman–Crippen LogP) is 4.99. The summed E-state index contributed by atoms with van der Waals surface area (Å²) < 4.78 is 52.4. The minimum absolute atomic E-state index is 0.0291. The highest BCUT2D eigenvalue weighted by atomic mass is 32.2. The van der Waals surface area contributed by atoms with Gasteiger partial charge in [0.15, 0.2) is 16.1 Å². The molecule has 5 rings (SSSR count). The lowest BCUT2D eigenvalue weighted by atomic mass is 10.1. The van der Waals surface area contributed by atoms with Crippen LogP contribution >= 0.6 is 0 Å². The zero-order chi connectivity index (χ0) is 25.3. The molecule has 0 bridgehead atoms. The molecule has 9 heteroatoms. The molecule has 0 saturated heterocycles. The molecule has 36 heavy (non-hydrogen) atoms. The normalized spacial score (nSPS) is 12.7. The third-order valence-electron chi connectivity index (χ3n) is 5.84. The van der Waals surface area contributed by atoms with Crippen molar-refractivity contribution in [2.45, 2.75) is 21.7 Å². The fraction of sp³-hybridized carbons (Fsp3) is 0.148. The summed E-state index contributed by atoms with van der Waals surface area (Å²) in [6.07, 6.45) is 0. The number of nitrogens with zero attached hydrogens (tertiary/aromatic N) is 2. The molecule has 0 amide bonds. The van der Waals surface area contributed by atoms with Gasteiger partial charge >= 0.3 is 0 Å². The van der Waals surface area contributed by atoms with Crippen molar-refractivity contribution in [1.82, 2.24) is 9.78 Å². The highest BCUT2D eigenvalue weighted by Gasteiger charge is 2.27. The first-order valence-corrected chi connectivity index (χ1v) is 13.8. The standard InChI is InChI=1S/C27H24N2O5S2/c1-19-10-13-22(14-11-19)35(30)34-17-16-33-21-12-15-25-24(18-21)27(28-29(25)2)36(31,32)26-9-5-7-20-6-3-4-8-23(20)26/h3-15,18H,16-17H2,1-2H3. The number of benzene rings is 4. The summed E-state index contributed by atoms with van der Waals surface area (Å²) in [5.74, 6) is 0.467. The fourth-order valence-electron chi connectivity index (χ4n) is 4.02. The van der Waals surface area contributed by atoms with Gasteiger partial charge in [0.2, 0.25) is 9.84 Å². The Labute approximate surface area is 211 Å². The largest absolute Gasteiger partial charge is 0.491 e. The number of aryl methyl sites for hydroxylation is 2. The monoisotopic (exact) mass is 520 g/mol. The van der Waals surface area contributed by atoms with E-state index < -0.39 is 20.9 Å². The zero-order valence-electron chi connectivity index (χ0n) is 19.7. The molecule has 0 saturated carbocycles. The number of rotatable bonds is 8. The van der Waals surface area contributed by atoms with Gasteiger partial charge in [-0.1, -0.05) is 54.1 Å². The molecule has 0 aliphatic carbocycles. The molecule has 184 valence electrons. The Bertz CT molecular complexity index is 1690. The minimum atomic E-state index is -3.91. The summed E-state index contributed by atoms with van der Waals surface area (Å²) in [6.45, 7) is 2.21. The Hall–Kier alpha value is -3.53. The smallest absolute Gasteiger partial charge is 0.226 e. The van der Waals surface area contributed by atoms with Crippen molar-refractivity contribution in [2.24, 2.45) is 7.05 Å². The first kappa shape index (κ1) is 24.2. The van der Waals surface area contributed by atoms with E-state index in [0.717, 1.165) is 10.9 Å². The molecule has 1 heterocycles. The quantitative estimate of drug-likeness (QED) is 0.268. The molecule has 1 atom stereocenters. The third kappa shape index (κ3) is 4.65. The van der Waals surface area contributed by atoms with Crippen LogP contribution in [0.25, 0.3) is 21.7 Å². The second-order valence-electron chi connectivity index (χ2n) is 8.31. The Kier molecular flexibility index (Phi) is 6.61. The van der Waals surface area contributed by atoms with Crippen LogP contribution in [-0.4, -0.2) is 35.6 Å². The van der Waals surface area contributed by atoms with Gasteiger partial charge in [-0.2, -0.15) is 5.10 Å². The number of aromatic nitrogens is 2. The van der Waals surface area contributed by atoms with Gasteiger partial charge < -0.3 is 4.74 Å². The predicted molar refractivity (Wildman–Crippen MR) is 139 cm³/mol. The van der Waals surface area contributed by atoms with E-state index in [1.165, 1.54) is 0 Å². The lowest BCUT2D eigenvalue weighted by Gasteiger charge is -2.08. The van der Waals surface area contributed by atoms with E-state index in [9.17, 15) is 12.6 Å². The molecule has 4 aromatic carbocycles. The summed E-state index contributed by atoms with van der Waals surface area (Å²) in [5, 5.41) is 6.27. The Morgan fingerprint density at radius 3 is 2.44 bits per heavy atom. The van der Waals surface area contributed by atoms with Crippen molar-refractivity contribution in [3.05, 3.63) is 90.5 Å². The Balaban J connectivity index is 1.38. The van der Waals surface area contributed by atoms with Crippen LogP contribution < -0.4 is 4.74 Å². The molecular formula is C27H24N2O5S2. The number of ether oxygens (including phenoxy) is 1. The number of hydrogen-bond donors (Lipinski definition) is 0. The van der Waals surface area contributed by atoms with E-state index in [1.54, 1.807) is 60.3 Å². The molecule has 0 aliphatic heterocycles. The summed E-state index contributed by atoms with van der Waals surface area (Å²) in [7, 11) is -2.20. The number of sulfone groups is 1. The van der Waals surface area contributed by atoms with Gasteiger partial charge in [0.05, 0.1) is 21.9 Å². The number of fused-ring (bicyclic) bond motifs is 2. The average molecular weight is 521 g/mol. The average Bonchev–Trinajstić information content (AvgIpc) is 3.23. The van der Waals surface area contributed by atoms with Crippen molar-refractivity contribution >= 4 is 42.6 Å². The zero-order valence-corrected chi connectivity index (χ0v) is 21.4. The Morgan fingerprint density at radius 1 is 0.889 bits per heavy atom. The second-order valence-corrected chi connectivity index (χ2v) is 11.3. The molecule has 0 fully saturated rings. The summed E-state index contributed by atoms with van der Waals surface area (Å²) >= 11 is -1.59. The second kappa shape index (κ2) is 9.85. The van der Waals surface area contributed by atoms with Gasteiger partial charge in [0.25, 0.3) is 0 Å². The molecule has 1 unspecified atom stereocenters. The highest BCUT2D eigenvalue weighted by Crippen LogP contribution is 2.33. The molecular weight excluding hydrogens is 496 g/mol. The lowest BCUT2D eigenvalue weighted by molar-refractivity contribution is 0.231. The summed E-state index contributed by atoms with van der Waals surface area (Å²) in [5.41, 5.74) is 1.74. The van der Waals surface area contributed by atoms with Crippen LogP contribution in [0.4, 0.5) is 0 Å².